The Morgan fingerprint density at radius 3 is 2.70 bits per heavy atom. The molecule has 0 atom stereocenters. The molecule has 0 radical (unpaired) electrons. The summed E-state index contributed by atoms with van der Waals surface area (Å²) in [6.45, 7) is 2.67. The molecule has 0 aliphatic carbocycles. The van der Waals surface area contributed by atoms with Gasteiger partial charge in [-0.25, -0.2) is 4.98 Å². The summed E-state index contributed by atoms with van der Waals surface area (Å²) in [5.74, 6) is -0.0246. The molecule has 9 nitrogen and oxygen atoms in total. The number of nitrogens with zero attached hydrogens (tertiary/aromatic N) is 5. The monoisotopic (exact) mass is 280 g/mol. The molecule has 0 saturated carbocycles. The molecule has 2 heterocycles. The number of carbonyl (C=O) groups excluding carboxylic acids is 1. The van der Waals surface area contributed by atoms with E-state index in [2.05, 4.69) is 9.97 Å². The molecular formula is C11H16N6O3. The maximum Gasteiger partial charge on any atom is 0.332 e. The molecule has 2 rings (SSSR count). The Bertz CT molecular complexity index is 561. The minimum absolute atomic E-state index is 0.0341. The Balaban J connectivity index is 2.45. The predicted octanol–water partition coefficient (Wildman–Crippen LogP) is -0.0561. The standard InChI is InChI=1S/C11H16N6O3/c1-7-9(17(19)20)10(14-11(12)13-7)16-5-3-4-15(2)8(18)6-16/h3-6H2,1-2H3,(H2,12,13,14). The van der Waals surface area contributed by atoms with Crippen molar-refractivity contribution < 1.29 is 9.72 Å². The summed E-state index contributed by atoms with van der Waals surface area (Å²) in [5, 5.41) is 11.2. The topological polar surface area (TPSA) is 118 Å². The molecule has 1 fully saturated rings. The van der Waals surface area contributed by atoms with E-state index in [-0.39, 0.29) is 35.6 Å². The second kappa shape index (κ2) is 5.27. The second-order valence-electron chi connectivity index (χ2n) is 4.69. The highest BCUT2D eigenvalue weighted by Crippen LogP contribution is 2.29. The third-order valence-corrected chi connectivity index (χ3v) is 3.21. The zero-order valence-electron chi connectivity index (χ0n) is 11.4. The van der Waals surface area contributed by atoms with Gasteiger partial charge in [0, 0.05) is 20.1 Å². The number of amides is 1. The molecule has 1 aromatic rings. The fourth-order valence-corrected chi connectivity index (χ4v) is 2.17. The van der Waals surface area contributed by atoms with Crippen LogP contribution in [0.4, 0.5) is 17.5 Å². The quantitative estimate of drug-likeness (QED) is 0.595. The molecule has 1 saturated heterocycles. The first kappa shape index (κ1) is 14.0. The maximum absolute atomic E-state index is 11.9. The van der Waals surface area contributed by atoms with Crippen molar-refractivity contribution in [2.75, 3.05) is 37.3 Å². The van der Waals surface area contributed by atoms with Crippen LogP contribution in [0.25, 0.3) is 0 Å². The van der Waals surface area contributed by atoms with Crippen molar-refractivity contribution in [3.63, 3.8) is 0 Å². The van der Waals surface area contributed by atoms with Gasteiger partial charge in [-0.15, -0.1) is 0 Å². The van der Waals surface area contributed by atoms with E-state index in [1.807, 2.05) is 0 Å². The second-order valence-corrected chi connectivity index (χ2v) is 4.69. The van der Waals surface area contributed by atoms with Gasteiger partial charge in [0.15, 0.2) is 0 Å². The average Bonchev–Trinajstić information content (AvgIpc) is 2.50. The van der Waals surface area contributed by atoms with Crippen LogP contribution in [0.15, 0.2) is 0 Å². The van der Waals surface area contributed by atoms with Gasteiger partial charge in [0.1, 0.15) is 5.69 Å². The summed E-state index contributed by atoms with van der Waals surface area (Å²) in [6.07, 6.45) is 0.711. The van der Waals surface area contributed by atoms with Gasteiger partial charge in [-0.1, -0.05) is 0 Å². The summed E-state index contributed by atoms with van der Waals surface area (Å²) in [6, 6.07) is 0. The van der Waals surface area contributed by atoms with Gasteiger partial charge in [0.25, 0.3) is 0 Å². The summed E-state index contributed by atoms with van der Waals surface area (Å²) in [4.78, 5) is 33.5. The summed E-state index contributed by atoms with van der Waals surface area (Å²) >= 11 is 0. The van der Waals surface area contributed by atoms with Crippen LogP contribution in [0.5, 0.6) is 0 Å². The lowest BCUT2D eigenvalue weighted by Crippen LogP contribution is -2.35. The Morgan fingerprint density at radius 1 is 1.35 bits per heavy atom. The largest absolute Gasteiger partial charge is 0.368 e. The number of nitrogens with two attached hydrogens (primary N) is 1. The number of hydrogen-bond donors (Lipinski definition) is 1. The van der Waals surface area contributed by atoms with Crippen LogP contribution in [-0.2, 0) is 4.79 Å². The Hall–Kier alpha value is -2.45. The van der Waals surface area contributed by atoms with Crippen LogP contribution >= 0.6 is 0 Å². The Morgan fingerprint density at radius 2 is 2.05 bits per heavy atom. The van der Waals surface area contributed by atoms with Gasteiger partial charge < -0.3 is 15.5 Å². The molecule has 20 heavy (non-hydrogen) atoms. The highest BCUT2D eigenvalue weighted by molar-refractivity contribution is 5.82. The molecule has 108 valence electrons. The number of aromatic nitrogens is 2. The highest BCUT2D eigenvalue weighted by Gasteiger charge is 2.29. The molecule has 0 aromatic carbocycles. The zero-order valence-corrected chi connectivity index (χ0v) is 11.4. The molecule has 1 aliphatic rings. The van der Waals surface area contributed by atoms with E-state index in [1.165, 1.54) is 6.92 Å². The number of nitrogen functional groups attached to an aromatic ring is 1. The molecule has 1 amide bonds. The third-order valence-electron chi connectivity index (χ3n) is 3.21. The Labute approximate surface area is 115 Å². The average molecular weight is 280 g/mol. The number of likely N-dealkylation sites (N-methyl/N-ethyl adjacent to an activating group) is 1. The van der Waals surface area contributed by atoms with E-state index in [9.17, 15) is 14.9 Å². The number of hydrogen-bond acceptors (Lipinski definition) is 7. The van der Waals surface area contributed by atoms with E-state index in [4.69, 9.17) is 5.73 Å². The van der Waals surface area contributed by atoms with Crippen molar-refractivity contribution in [2.45, 2.75) is 13.3 Å². The van der Waals surface area contributed by atoms with Gasteiger partial charge in [0.2, 0.25) is 17.7 Å². The zero-order chi connectivity index (χ0) is 14.9. The van der Waals surface area contributed by atoms with E-state index in [0.29, 0.717) is 19.5 Å². The number of anilines is 2. The third kappa shape index (κ3) is 2.60. The van der Waals surface area contributed by atoms with Gasteiger partial charge in [-0.2, -0.15) is 4.98 Å². The first-order chi connectivity index (χ1) is 9.40. The fraction of sp³-hybridized carbons (Fsp3) is 0.545. The van der Waals surface area contributed by atoms with Crippen LogP contribution in [0, 0.1) is 17.0 Å². The molecule has 0 spiro atoms. The molecule has 9 heteroatoms. The van der Waals surface area contributed by atoms with Gasteiger partial charge in [-0.3, -0.25) is 14.9 Å². The normalized spacial score (nSPS) is 16.2. The lowest BCUT2D eigenvalue weighted by atomic mass is 10.3. The predicted molar refractivity (Wildman–Crippen MR) is 72.3 cm³/mol. The summed E-state index contributed by atoms with van der Waals surface area (Å²) in [7, 11) is 1.71. The lowest BCUT2D eigenvalue weighted by Gasteiger charge is -2.21. The fourth-order valence-electron chi connectivity index (χ4n) is 2.17. The molecule has 0 bridgehead atoms. The highest BCUT2D eigenvalue weighted by atomic mass is 16.6. The smallest absolute Gasteiger partial charge is 0.332 e. The van der Waals surface area contributed by atoms with E-state index < -0.39 is 4.92 Å². The molecular weight excluding hydrogens is 264 g/mol. The maximum atomic E-state index is 11.9. The molecule has 1 aromatic heterocycles. The number of rotatable bonds is 2. The van der Waals surface area contributed by atoms with Crippen molar-refractivity contribution in [1.29, 1.82) is 0 Å². The van der Waals surface area contributed by atoms with Gasteiger partial charge >= 0.3 is 5.69 Å². The van der Waals surface area contributed by atoms with Crippen LogP contribution < -0.4 is 10.6 Å². The van der Waals surface area contributed by atoms with Gasteiger partial charge in [-0.05, 0) is 13.3 Å². The van der Waals surface area contributed by atoms with Crippen LogP contribution in [0.3, 0.4) is 0 Å². The lowest BCUT2D eigenvalue weighted by molar-refractivity contribution is -0.385. The van der Waals surface area contributed by atoms with Crippen LogP contribution in [0.2, 0.25) is 0 Å². The Kier molecular flexibility index (Phi) is 3.68. The van der Waals surface area contributed by atoms with Crippen molar-refractivity contribution in [3.8, 4) is 0 Å². The van der Waals surface area contributed by atoms with Crippen LogP contribution in [-0.4, -0.2) is 52.4 Å². The SMILES string of the molecule is Cc1nc(N)nc(N2CCCN(C)C(=O)C2)c1[N+](=O)[O-]. The minimum Gasteiger partial charge on any atom is -0.368 e. The first-order valence-corrected chi connectivity index (χ1v) is 6.17. The number of aryl methyl sites for hydroxylation is 1. The summed E-state index contributed by atoms with van der Waals surface area (Å²) < 4.78 is 0. The molecule has 0 unspecified atom stereocenters. The molecule has 1 aliphatic heterocycles. The van der Waals surface area contributed by atoms with Crippen molar-refractivity contribution in [2.24, 2.45) is 0 Å². The van der Waals surface area contributed by atoms with E-state index >= 15 is 0 Å². The number of carbonyl (C=O) groups is 1. The van der Waals surface area contributed by atoms with Crippen molar-refractivity contribution in [1.82, 2.24) is 14.9 Å². The van der Waals surface area contributed by atoms with Crippen molar-refractivity contribution >= 4 is 23.4 Å². The minimum atomic E-state index is -0.539. The van der Waals surface area contributed by atoms with Crippen LogP contribution in [0.1, 0.15) is 12.1 Å². The number of nitro groups is 1. The summed E-state index contributed by atoms with van der Waals surface area (Å²) in [5.41, 5.74) is 5.57. The van der Waals surface area contributed by atoms with E-state index in [0.717, 1.165) is 0 Å². The first-order valence-electron chi connectivity index (χ1n) is 6.17. The van der Waals surface area contributed by atoms with E-state index in [1.54, 1.807) is 16.8 Å². The van der Waals surface area contributed by atoms with Gasteiger partial charge in [0.05, 0.1) is 11.5 Å². The van der Waals surface area contributed by atoms with Crippen molar-refractivity contribution in [3.05, 3.63) is 15.8 Å². The molecule has 2 N–H and O–H groups in total.